The van der Waals surface area contributed by atoms with Gasteiger partial charge in [0.25, 0.3) is 0 Å². The van der Waals surface area contributed by atoms with Gasteiger partial charge in [-0.05, 0) is 31.0 Å². The third-order valence-corrected chi connectivity index (χ3v) is 4.27. The molecule has 1 aromatic carbocycles. The minimum absolute atomic E-state index is 0.0342. The van der Waals surface area contributed by atoms with Crippen LogP contribution in [0, 0.1) is 6.92 Å². The SMILES string of the molecule is Cc1ccc(S(=O)(=O)N[C@@H](CCO)C(=O)O)cc1C(N)=O. The number of carboxylic acid groups (broad SMARTS) is 1. The van der Waals surface area contributed by atoms with Crippen molar-refractivity contribution in [3.8, 4) is 0 Å². The summed E-state index contributed by atoms with van der Waals surface area (Å²) in [5.74, 6) is -2.19. The van der Waals surface area contributed by atoms with Crippen molar-refractivity contribution in [2.75, 3.05) is 6.61 Å². The number of aliphatic hydroxyl groups excluding tert-OH is 1. The summed E-state index contributed by atoms with van der Waals surface area (Å²) in [6.45, 7) is 1.11. The largest absolute Gasteiger partial charge is 0.480 e. The first-order valence-corrected chi connectivity index (χ1v) is 7.44. The Balaban J connectivity index is 3.16. The van der Waals surface area contributed by atoms with Crippen LogP contribution in [0.5, 0.6) is 0 Å². The third-order valence-electron chi connectivity index (χ3n) is 2.80. The number of benzene rings is 1. The Bertz CT molecular complexity index is 656. The molecule has 21 heavy (non-hydrogen) atoms. The van der Waals surface area contributed by atoms with E-state index in [-0.39, 0.29) is 16.9 Å². The number of nitrogens with two attached hydrogens (primary N) is 1. The molecule has 0 heterocycles. The second-order valence-corrected chi connectivity index (χ2v) is 6.08. The maximum absolute atomic E-state index is 12.1. The number of sulfonamides is 1. The van der Waals surface area contributed by atoms with Crippen molar-refractivity contribution in [3.63, 3.8) is 0 Å². The smallest absolute Gasteiger partial charge is 0.321 e. The van der Waals surface area contributed by atoms with Gasteiger partial charge in [0.1, 0.15) is 6.04 Å². The van der Waals surface area contributed by atoms with Gasteiger partial charge in [-0.3, -0.25) is 9.59 Å². The van der Waals surface area contributed by atoms with Crippen LogP contribution >= 0.6 is 0 Å². The summed E-state index contributed by atoms with van der Waals surface area (Å²) in [6.07, 6.45) is -0.275. The molecule has 0 aromatic heterocycles. The fourth-order valence-electron chi connectivity index (χ4n) is 1.65. The van der Waals surface area contributed by atoms with Crippen LogP contribution in [0.2, 0.25) is 0 Å². The highest BCUT2D eigenvalue weighted by atomic mass is 32.2. The first kappa shape index (κ1) is 17.1. The summed E-state index contributed by atoms with van der Waals surface area (Å²) in [4.78, 5) is 21.9. The molecule has 0 unspecified atom stereocenters. The number of primary amides is 1. The monoisotopic (exact) mass is 316 g/mol. The zero-order chi connectivity index (χ0) is 16.2. The van der Waals surface area contributed by atoms with Crippen LogP contribution in [0.3, 0.4) is 0 Å². The van der Waals surface area contributed by atoms with E-state index in [1.807, 2.05) is 4.72 Å². The van der Waals surface area contributed by atoms with Crippen LogP contribution in [0.1, 0.15) is 22.3 Å². The Hall–Kier alpha value is -1.97. The van der Waals surface area contributed by atoms with E-state index in [4.69, 9.17) is 15.9 Å². The molecular weight excluding hydrogens is 300 g/mol. The van der Waals surface area contributed by atoms with Crippen molar-refractivity contribution in [1.82, 2.24) is 4.72 Å². The van der Waals surface area contributed by atoms with Gasteiger partial charge in [0, 0.05) is 12.2 Å². The van der Waals surface area contributed by atoms with Gasteiger partial charge in [-0.2, -0.15) is 4.72 Å². The summed E-state index contributed by atoms with van der Waals surface area (Å²) in [5, 5.41) is 17.6. The lowest BCUT2D eigenvalue weighted by atomic mass is 10.1. The highest BCUT2D eigenvalue weighted by molar-refractivity contribution is 7.89. The van der Waals surface area contributed by atoms with E-state index >= 15 is 0 Å². The average Bonchev–Trinajstić information content (AvgIpc) is 2.37. The minimum Gasteiger partial charge on any atom is -0.480 e. The lowest BCUT2D eigenvalue weighted by Crippen LogP contribution is -2.41. The average molecular weight is 316 g/mol. The minimum atomic E-state index is -4.15. The maximum Gasteiger partial charge on any atom is 0.321 e. The molecule has 116 valence electrons. The Morgan fingerprint density at radius 3 is 2.48 bits per heavy atom. The molecule has 0 aliphatic rings. The first-order valence-electron chi connectivity index (χ1n) is 5.95. The number of hydrogen-bond donors (Lipinski definition) is 4. The summed E-state index contributed by atoms with van der Waals surface area (Å²) in [7, 11) is -4.15. The van der Waals surface area contributed by atoms with E-state index in [0.717, 1.165) is 6.07 Å². The van der Waals surface area contributed by atoms with Gasteiger partial charge in [0.15, 0.2) is 0 Å². The molecule has 0 fully saturated rings. The molecule has 8 nitrogen and oxygen atoms in total. The van der Waals surface area contributed by atoms with Crippen LogP contribution in [-0.2, 0) is 14.8 Å². The predicted octanol–water partition coefficient (Wildman–Crippen LogP) is -0.792. The molecule has 0 saturated carbocycles. The normalized spacial score (nSPS) is 12.9. The molecule has 0 bridgehead atoms. The molecule has 5 N–H and O–H groups in total. The number of hydrogen-bond acceptors (Lipinski definition) is 5. The van der Waals surface area contributed by atoms with Crippen LogP contribution in [-0.4, -0.2) is 43.2 Å². The maximum atomic E-state index is 12.1. The van der Waals surface area contributed by atoms with Crippen molar-refractivity contribution in [1.29, 1.82) is 0 Å². The zero-order valence-electron chi connectivity index (χ0n) is 11.2. The second-order valence-electron chi connectivity index (χ2n) is 4.37. The van der Waals surface area contributed by atoms with Gasteiger partial charge < -0.3 is 15.9 Å². The number of amides is 1. The molecule has 1 atom stereocenters. The molecule has 0 aliphatic heterocycles. The summed E-state index contributed by atoms with van der Waals surface area (Å²) in [6, 6.07) is 2.26. The predicted molar refractivity (Wildman–Crippen MR) is 73.1 cm³/mol. The molecule has 0 aliphatic carbocycles. The molecule has 0 saturated heterocycles. The molecule has 1 rings (SSSR count). The molecule has 1 amide bonds. The highest BCUT2D eigenvalue weighted by Gasteiger charge is 2.25. The zero-order valence-corrected chi connectivity index (χ0v) is 12.1. The van der Waals surface area contributed by atoms with E-state index in [9.17, 15) is 18.0 Å². The van der Waals surface area contributed by atoms with Crippen molar-refractivity contribution in [3.05, 3.63) is 29.3 Å². The van der Waals surface area contributed by atoms with E-state index in [1.54, 1.807) is 6.92 Å². The Morgan fingerprint density at radius 2 is 2.00 bits per heavy atom. The van der Waals surface area contributed by atoms with Crippen molar-refractivity contribution >= 4 is 21.9 Å². The lowest BCUT2D eigenvalue weighted by molar-refractivity contribution is -0.139. The third kappa shape index (κ3) is 4.25. The van der Waals surface area contributed by atoms with Gasteiger partial charge in [0.2, 0.25) is 15.9 Å². The molecule has 9 heteroatoms. The van der Waals surface area contributed by atoms with Crippen LogP contribution in [0.25, 0.3) is 0 Å². The summed E-state index contributed by atoms with van der Waals surface area (Å²) in [5.41, 5.74) is 5.68. The number of aryl methyl sites for hydroxylation is 1. The van der Waals surface area contributed by atoms with Crippen molar-refractivity contribution in [2.24, 2.45) is 5.73 Å². The molecule has 1 aromatic rings. The van der Waals surface area contributed by atoms with Gasteiger partial charge in [-0.15, -0.1) is 0 Å². The van der Waals surface area contributed by atoms with Crippen LogP contribution < -0.4 is 10.5 Å². The van der Waals surface area contributed by atoms with Gasteiger partial charge in [-0.1, -0.05) is 6.07 Å². The number of carbonyl (C=O) groups excluding carboxylic acids is 1. The fraction of sp³-hybridized carbons (Fsp3) is 0.333. The highest BCUT2D eigenvalue weighted by Crippen LogP contribution is 2.16. The van der Waals surface area contributed by atoms with Gasteiger partial charge in [-0.25, -0.2) is 8.42 Å². The fourth-order valence-corrected chi connectivity index (χ4v) is 2.90. The van der Waals surface area contributed by atoms with Crippen molar-refractivity contribution < 1.29 is 28.2 Å². The van der Waals surface area contributed by atoms with E-state index in [1.165, 1.54) is 12.1 Å². The second kappa shape index (κ2) is 6.66. The Labute approximate surface area is 121 Å². The Morgan fingerprint density at radius 1 is 1.38 bits per heavy atom. The topological polar surface area (TPSA) is 147 Å². The number of nitrogens with one attached hydrogen (secondary N) is 1. The molecule has 0 spiro atoms. The van der Waals surface area contributed by atoms with E-state index < -0.39 is 34.5 Å². The van der Waals surface area contributed by atoms with E-state index in [0.29, 0.717) is 5.56 Å². The molecular formula is C12H16N2O6S. The number of carboxylic acids is 1. The first-order chi connectivity index (χ1) is 9.69. The number of aliphatic carboxylic acids is 1. The van der Waals surface area contributed by atoms with Crippen LogP contribution in [0.15, 0.2) is 23.1 Å². The van der Waals surface area contributed by atoms with Gasteiger partial charge in [0.05, 0.1) is 4.90 Å². The summed E-state index contributed by atoms with van der Waals surface area (Å²) < 4.78 is 26.2. The van der Waals surface area contributed by atoms with Gasteiger partial charge >= 0.3 is 5.97 Å². The number of carbonyl (C=O) groups is 2. The standard InChI is InChI=1S/C12H16N2O6S/c1-7-2-3-8(6-9(7)11(13)16)21(19,20)14-10(4-5-15)12(17)18/h2-3,6,10,14-15H,4-5H2,1H3,(H2,13,16)(H,17,18)/t10-/m0/s1. The van der Waals surface area contributed by atoms with Crippen LogP contribution in [0.4, 0.5) is 0 Å². The lowest BCUT2D eigenvalue weighted by Gasteiger charge is -2.14. The quantitative estimate of drug-likeness (QED) is 0.518. The van der Waals surface area contributed by atoms with Crippen molar-refractivity contribution in [2.45, 2.75) is 24.3 Å². The van der Waals surface area contributed by atoms with E-state index in [2.05, 4.69) is 0 Å². The Kier molecular flexibility index (Phi) is 5.41. The summed E-state index contributed by atoms with van der Waals surface area (Å²) >= 11 is 0. The number of aliphatic hydroxyl groups is 1. The number of rotatable bonds is 7. The molecule has 0 radical (unpaired) electrons.